The monoisotopic (exact) mass is 358 g/mol. The van der Waals surface area contributed by atoms with Crippen molar-refractivity contribution in [1.29, 1.82) is 0 Å². The first-order valence-electron chi connectivity index (χ1n) is 6.53. The average molecular weight is 359 g/mol. The number of ketones is 1. The van der Waals surface area contributed by atoms with Crippen molar-refractivity contribution < 1.29 is 27.5 Å². The second-order valence-corrected chi connectivity index (χ2v) is 5.21. The summed E-state index contributed by atoms with van der Waals surface area (Å²) < 4.78 is 43.8. The number of hydrogen-bond donors (Lipinski definition) is 1. The van der Waals surface area contributed by atoms with Gasteiger partial charge in [0.05, 0.1) is 10.6 Å². The van der Waals surface area contributed by atoms with Crippen LogP contribution >= 0.6 is 11.6 Å². The van der Waals surface area contributed by atoms with E-state index in [2.05, 4.69) is 4.42 Å². The predicted molar refractivity (Wildman–Crippen MR) is 81.2 cm³/mol. The van der Waals surface area contributed by atoms with Gasteiger partial charge in [0.2, 0.25) is 0 Å². The van der Waals surface area contributed by atoms with Crippen molar-refractivity contribution >= 4 is 23.5 Å². The van der Waals surface area contributed by atoms with Gasteiger partial charge in [0, 0.05) is 6.07 Å². The van der Waals surface area contributed by atoms with E-state index in [1.54, 1.807) is 0 Å². The quantitative estimate of drug-likeness (QED) is 0.659. The molecule has 0 atom stereocenters. The molecule has 4 nitrogen and oxygen atoms in total. The van der Waals surface area contributed by atoms with Gasteiger partial charge in [-0.2, -0.15) is 13.2 Å². The van der Waals surface area contributed by atoms with Crippen molar-refractivity contribution in [3.05, 3.63) is 68.2 Å². The molecule has 2 rings (SSSR count). The van der Waals surface area contributed by atoms with Crippen LogP contribution < -0.4 is 5.63 Å². The van der Waals surface area contributed by atoms with Crippen LogP contribution in [0.25, 0.3) is 6.08 Å². The van der Waals surface area contributed by atoms with Crippen LogP contribution in [-0.4, -0.2) is 10.9 Å². The van der Waals surface area contributed by atoms with E-state index in [0.717, 1.165) is 30.4 Å². The van der Waals surface area contributed by atoms with Crippen molar-refractivity contribution in [2.75, 3.05) is 0 Å². The SMILES string of the molecule is Cc1cc(O)c(C(=O)C=Cc2cccc(Cl)c2C(F)(F)F)c(=O)o1. The Labute approximate surface area is 138 Å². The Morgan fingerprint density at radius 2 is 2.00 bits per heavy atom. The van der Waals surface area contributed by atoms with Gasteiger partial charge < -0.3 is 9.52 Å². The van der Waals surface area contributed by atoms with Gasteiger partial charge in [0.15, 0.2) is 5.78 Å². The lowest BCUT2D eigenvalue weighted by molar-refractivity contribution is -0.137. The Kier molecular flexibility index (Phi) is 4.84. The molecular weight excluding hydrogens is 349 g/mol. The molecule has 2 aromatic rings. The molecule has 0 unspecified atom stereocenters. The van der Waals surface area contributed by atoms with Crippen molar-refractivity contribution in [3.8, 4) is 5.75 Å². The fraction of sp³-hybridized carbons (Fsp3) is 0.125. The van der Waals surface area contributed by atoms with Crippen molar-refractivity contribution in [3.63, 3.8) is 0 Å². The smallest absolute Gasteiger partial charge is 0.418 e. The van der Waals surface area contributed by atoms with Gasteiger partial charge in [-0.05, 0) is 24.6 Å². The van der Waals surface area contributed by atoms with Gasteiger partial charge >= 0.3 is 11.8 Å². The van der Waals surface area contributed by atoms with Gasteiger partial charge in [-0.25, -0.2) is 4.79 Å². The van der Waals surface area contributed by atoms with E-state index in [1.807, 2.05) is 0 Å². The molecule has 1 heterocycles. The summed E-state index contributed by atoms with van der Waals surface area (Å²) in [5, 5.41) is 9.13. The zero-order valence-electron chi connectivity index (χ0n) is 12.1. The number of carbonyl (C=O) groups is 1. The molecule has 8 heteroatoms. The molecule has 0 amide bonds. The normalized spacial score (nSPS) is 11.9. The van der Waals surface area contributed by atoms with Crippen molar-refractivity contribution in [1.82, 2.24) is 0 Å². The zero-order valence-corrected chi connectivity index (χ0v) is 12.9. The second kappa shape index (κ2) is 6.52. The summed E-state index contributed by atoms with van der Waals surface area (Å²) in [5.41, 5.74) is -3.19. The Morgan fingerprint density at radius 3 is 2.58 bits per heavy atom. The van der Waals surface area contributed by atoms with Gasteiger partial charge in [-0.3, -0.25) is 4.79 Å². The molecular formula is C16H10ClF3O4. The first kappa shape index (κ1) is 17.8. The highest BCUT2D eigenvalue weighted by atomic mass is 35.5. The Balaban J connectivity index is 2.45. The van der Waals surface area contributed by atoms with E-state index in [-0.39, 0.29) is 11.3 Å². The fourth-order valence-corrected chi connectivity index (χ4v) is 2.34. The lowest BCUT2D eigenvalue weighted by Gasteiger charge is -2.11. The maximum Gasteiger partial charge on any atom is 0.418 e. The molecule has 1 aromatic carbocycles. The summed E-state index contributed by atoms with van der Waals surface area (Å²) in [4.78, 5) is 23.6. The van der Waals surface area contributed by atoms with E-state index in [9.17, 15) is 27.9 Å². The molecule has 24 heavy (non-hydrogen) atoms. The zero-order chi connectivity index (χ0) is 18.1. The Bertz CT molecular complexity index is 882. The minimum atomic E-state index is -4.72. The van der Waals surface area contributed by atoms with E-state index in [1.165, 1.54) is 13.0 Å². The number of carbonyl (C=O) groups excluding carboxylic acids is 1. The van der Waals surface area contributed by atoms with E-state index < -0.39 is 39.5 Å². The lowest BCUT2D eigenvalue weighted by Crippen LogP contribution is -2.13. The van der Waals surface area contributed by atoms with Crippen LogP contribution in [0.5, 0.6) is 5.75 Å². The Morgan fingerprint density at radius 1 is 1.33 bits per heavy atom. The van der Waals surface area contributed by atoms with Crippen LogP contribution in [0.1, 0.15) is 27.2 Å². The highest BCUT2D eigenvalue weighted by molar-refractivity contribution is 6.31. The average Bonchev–Trinajstić information content (AvgIpc) is 2.42. The van der Waals surface area contributed by atoms with Crippen molar-refractivity contribution in [2.24, 2.45) is 0 Å². The molecule has 1 aromatic heterocycles. The van der Waals surface area contributed by atoms with Crippen LogP contribution in [0.4, 0.5) is 13.2 Å². The molecule has 0 aliphatic carbocycles. The number of allylic oxidation sites excluding steroid dienone is 1. The predicted octanol–water partition coefficient (Wildman–Crippen LogP) is 4.22. The third kappa shape index (κ3) is 3.68. The summed E-state index contributed by atoms with van der Waals surface area (Å²) in [6.45, 7) is 1.40. The van der Waals surface area contributed by atoms with Gasteiger partial charge in [0.1, 0.15) is 17.1 Å². The number of alkyl halides is 3. The Hall–Kier alpha value is -2.54. The minimum absolute atomic E-state index is 0.0900. The number of aryl methyl sites for hydroxylation is 1. The number of rotatable bonds is 3. The molecule has 0 saturated heterocycles. The number of benzene rings is 1. The maximum absolute atomic E-state index is 13.0. The second-order valence-electron chi connectivity index (χ2n) is 4.80. The van der Waals surface area contributed by atoms with Gasteiger partial charge in [0.25, 0.3) is 0 Å². The van der Waals surface area contributed by atoms with E-state index >= 15 is 0 Å². The topological polar surface area (TPSA) is 67.5 Å². The molecule has 1 N–H and O–H groups in total. The highest BCUT2D eigenvalue weighted by Crippen LogP contribution is 2.37. The molecule has 0 spiro atoms. The van der Waals surface area contributed by atoms with Gasteiger partial charge in [-0.1, -0.05) is 29.8 Å². The van der Waals surface area contributed by atoms with Crippen LogP contribution in [0.15, 0.2) is 39.6 Å². The van der Waals surface area contributed by atoms with Gasteiger partial charge in [-0.15, -0.1) is 0 Å². The third-order valence-corrected chi connectivity index (χ3v) is 3.36. The molecule has 0 fully saturated rings. The number of aromatic hydroxyl groups is 1. The molecule has 126 valence electrons. The molecule has 0 saturated carbocycles. The van der Waals surface area contributed by atoms with Crippen LogP contribution in [0, 0.1) is 6.92 Å². The summed E-state index contributed by atoms with van der Waals surface area (Å²) in [6.07, 6.45) is -3.11. The fourth-order valence-electron chi connectivity index (χ4n) is 2.05. The summed E-state index contributed by atoms with van der Waals surface area (Å²) >= 11 is 5.57. The third-order valence-electron chi connectivity index (χ3n) is 3.04. The summed E-state index contributed by atoms with van der Waals surface area (Å²) in [6, 6.07) is 4.54. The van der Waals surface area contributed by atoms with Crippen LogP contribution in [-0.2, 0) is 6.18 Å². The van der Waals surface area contributed by atoms with Crippen molar-refractivity contribution in [2.45, 2.75) is 13.1 Å². The summed E-state index contributed by atoms with van der Waals surface area (Å²) in [5.74, 6) is -1.51. The standard InChI is InChI=1S/C16H10ClF3O4/c1-8-7-12(22)13(15(23)24-8)11(21)6-5-9-3-2-4-10(17)14(9)16(18,19)20/h2-7,22H,1H3. The van der Waals surface area contributed by atoms with Crippen LogP contribution in [0.3, 0.4) is 0 Å². The van der Waals surface area contributed by atoms with E-state index in [0.29, 0.717) is 0 Å². The largest absolute Gasteiger partial charge is 0.507 e. The van der Waals surface area contributed by atoms with E-state index in [4.69, 9.17) is 11.6 Å². The first-order valence-corrected chi connectivity index (χ1v) is 6.91. The summed E-state index contributed by atoms with van der Waals surface area (Å²) in [7, 11) is 0. The van der Waals surface area contributed by atoms with Crippen LogP contribution in [0.2, 0.25) is 5.02 Å². The maximum atomic E-state index is 13.0. The molecule has 0 bridgehead atoms. The molecule has 0 radical (unpaired) electrons. The molecule has 0 aliphatic heterocycles. The first-order chi connectivity index (χ1) is 11.1. The molecule has 0 aliphatic rings. The minimum Gasteiger partial charge on any atom is -0.507 e. The highest BCUT2D eigenvalue weighted by Gasteiger charge is 2.35. The number of hydrogen-bond acceptors (Lipinski definition) is 4. The number of halogens is 4. The lowest BCUT2D eigenvalue weighted by atomic mass is 10.0.